The maximum Gasteiger partial charge on any atom is 0.283 e. The van der Waals surface area contributed by atoms with Gasteiger partial charge in [0.2, 0.25) is 5.91 Å². The summed E-state index contributed by atoms with van der Waals surface area (Å²) in [6.45, 7) is 3.52. The number of rotatable bonds is 6. The molecule has 0 bridgehead atoms. The highest BCUT2D eigenvalue weighted by Gasteiger charge is 2.21. The van der Waals surface area contributed by atoms with Crippen molar-refractivity contribution in [2.24, 2.45) is 0 Å². The molecule has 1 unspecified atom stereocenters. The summed E-state index contributed by atoms with van der Waals surface area (Å²) in [5, 5.41) is 6.73. The number of hydrogen-bond acceptors (Lipinski definition) is 2. The Kier molecular flexibility index (Phi) is 5.87. The molecule has 0 saturated carbocycles. The Hall–Kier alpha value is -1.76. The zero-order valence-corrected chi connectivity index (χ0v) is 14.5. The standard InChI is InChI=1S/C16H18BrF2N3O/c1-3-12(11-7-5-4-6-8-11)20-13(23)9-22-10(2)14(17)15(21-22)16(18)19/h4-8,12,16H,3,9H2,1-2H3,(H,20,23). The topological polar surface area (TPSA) is 46.9 Å². The summed E-state index contributed by atoms with van der Waals surface area (Å²) in [4.78, 5) is 12.2. The number of halogens is 3. The van der Waals surface area contributed by atoms with Crippen LogP contribution in [0.4, 0.5) is 8.78 Å². The third-order valence-electron chi connectivity index (χ3n) is 3.60. The molecule has 1 aromatic carbocycles. The molecule has 0 spiro atoms. The lowest BCUT2D eigenvalue weighted by Crippen LogP contribution is -2.31. The van der Waals surface area contributed by atoms with Gasteiger partial charge >= 0.3 is 0 Å². The predicted octanol–water partition coefficient (Wildman–Crippen LogP) is 4.16. The van der Waals surface area contributed by atoms with Crippen LogP contribution in [-0.4, -0.2) is 15.7 Å². The van der Waals surface area contributed by atoms with Gasteiger partial charge in [0.1, 0.15) is 12.2 Å². The smallest absolute Gasteiger partial charge is 0.283 e. The van der Waals surface area contributed by atoms with Crippen molar-refractivity contribution in [3.8, 4) is 0 Å². The van der Waals surface area contributed by atoms with Crippen molar-refractivity contribution in [1.29, 1.82) is 0 Å². The van der Waals surface area contributed by atoms with Gasteiger partial charge in [0.05, 0.1) is 16.2 Å². The second-order valence-corrected chi connectivity index (χ2v) is 5.98. The number of aromatic nitrogens is 2. The molecule has 4 nitrogen and oxygen atoms in total. The Bertz CT molecular complexity index is 673. The molecule has 2 aromatic rings. The zero-order chi connectivity index (χ0) is 17.0. The molecule has 1 amide bonds. The van der Waals surface area contributed by atoms with Crippen molar-refractivity contribution in [3.05, 3.63) is 51.8 Å². The highest BCUT2D eigenvalue weighted by molar-refractivity contribution is 9.10. The average molecular weight is 386 g/mol. The summed E-state index contributed by atoms with van der Waals surface area (Å²) in [5.74, 6) is -0.264. The van der Waals surface area contributed by atoms with Crippen molar-refractivity contribution in [2.75, 3.05) is 0 Å². The van der Waals surface area contributed by atoms with Gasteiger partial charge < -0.3 is 5.32 Å². The molecule has 1 atom stereocenters. The second kappa shape index (κ2) is 7.68. The molecule has 0 fully saturated rings. The van der Waals surface area contributed by atoms with Crippen LogP contribution in [0.3, 0.4) is 0 Å². The summed E-state index contributed by atoms with van der Waals surface area (Å²) in [5.41, 5.74) is 1.17. The van der Waals surface area contributed by atoms with Crippen molar-refractivity contribution in [1.82, 2.24) is 15.1 Å². The first-order chi connectivity index (χ1) is 10.9. The van der Waals surface area contributed by atoms with Crippen molar-refractivity contribution in [2.45, 2.75) is 39.3 Å². The number of alkyl halides is 2. The lowest BCUT2D eigenvalue weighted by atomic mass is 10.0. The van der Waals surface area contributed by atoms with Gasteiger partial charge in [0.25, 0.3) is 6.43 Å². The van der Waals surface area contributed by atoms with Crippen LogP contribution in [0.15, 0.2) is 34.8 Å². The zero-order valence-electron chi connectivity index (χ0n) is 12.9. The molecule has 124 valence electrons. The van der Waals surface area contributed by atoms with Crippen molar-refractivity contribution in [3.63, 3.8) is 0 Å². The van der Waals surface area contributed by atoms with E-state index >= 15 is 0 Å². The molecule has 0 saturated heterocycles. The SMILES string of the molecule is CCC(NC(=O)Cn1nc(C(F)F)c(Br)c1C)c1ccccc1. The first-order valence-electron chi connectivity index (χ1n) is 7.29. The van der Waals surface area contributed by atoms with E-state index in [4.69, 9.17) is 0 Å². The first kappa shape index (κ1) is 17.6. The van der Waals surface area contributed by atoms with Gasteiger partial charge in [-0.05, 0) is 34.8 Å². The Morgan fingerprint density at radius 2 is 2.00 bits per heavy atom. The molecule has 0 aliphatic rings. The van der Waals surface area contributed by atoms with Crippen molar-refractivity contribution >= 4 is 21.8 Å². The minimum atomic E-state index is -2.68. The van der Waals surface area contributed by atoms with Crippen LogP contribution < -0.4 is 5.32 Å². The molecular formula is C16H18BrF2N3O. The molecule has 1 heterocycles. The van der Waals surface area contributed by atoms with E-state index in [-0.39, 0.29) is 28.7 Å². The minimum Gasteiger partial charge on any atom is -0.348 e. The number of nitrogens with zero attached hydrogens (tertiary/aromatic N) is 2. The van der Waals surface area contributed by atoms with Gasteiger partial charge in [-0.25, -0.2) is 8.78 Å². The van der Waals surface area contributed by atoms with Gasteiger partial charge in [0.15, 0.2) is 0 Å². The van der Waals surface area contributed by atoms with Crippen LogP contribution >= 0.6 is 15.9 Å². The summed E-state index contributed by atoms with van der Waals surface area (Å²) in [7, 11) is 0. The minimum absolute atomic E-state index is 0.0967. The fourth-order valence-corrected chi connectivity index (χ4v) is 2.78. The molecule has 23 heavy (non-hydrogen) atoms. The second-order valence-electron chi connectivity index (χ2n) is 5.18. The van der Waals surface area contributed by atoms with E-state index in [0.717, 1.165) is 12.0 Å². The number of carbonyl (C=O) groups is 1. The molecule has 0 radical (unpaired) electrons. The van der Waals surface area contributed by atoms with Crippen LogP contribution in [0.25, 0.3) is 0 Å². The molecule has 2 rings (SSSR count). The van der Waals surface area contributed by atoms with E-state index in [1.165, 1.54) is 4.68 Å². The summed E-state index contributed by atoms with van der Waals surface area (Å²) in [6.07, 6.45) is -1.94. The lowest BCUT2D eigenvalue weighted by molar-refractivity contribution is -0.122. The maximum atomic E-state index is 12.8. The molecule has 7 heteroatoms. The van der Waals surface area contributed by atoms with E-state index in [2.05, 4.69) is 26.3 Å². The Labute approximate surface area is 142 Å². The molecule has 1 aromatic heterocycles. The lowest BCUT2D eigenvalue weighted by Gasteiger charge is -2.17. The summed E-state index contributed by atoms with van der Waals surface area (Å²) >= 11 is 3.10. The number of hydrogen-bond donors (Lipinski definition) is 1. The van der Waals surface area contributed by atoms with Gasteiger partial charge in [0, 0.05) is 0 Å². The van der Waals surface area contributed by atoms with E-state index in [9.17, 15) is 13.6 Å². The molecular weight excluding hydrogens is 368 g/mol. The first-order valence-corrected chi connectivity index (χ1v) is 8.08. The van der Waals surface area contributed by atoms with Gasteiger partial charge in [-0.2, -0.15) is 5.10 Å². The van der Waals surface area contributed by atoms with Gasteiger partial charge in [-0.1, -0.05) is 37.3 Å². The molecule has 1 N–H and O–H groups in total. The van der Waals surface area contributed by atoms with Gasteiger partial charge in [-0.15, -0.1) is 0 Å². The van der Waals surface area contributed by atoms with Crippen molar-refractivity contribution < 1.29 is 13.6 Å². The molecule has 0 aliphatic carbocycles. The van der Waals surface area contributed by atoms with Crippen LogP contribution in [-0.2, 0) is 11.3 Å². The van der Waals surface area contributed by atoms with Crippen LogP contribution in [0.5, 0.6) is 0 Å². The van der Waals surface area contributed by atoms with Crippen LogP contribution in [0.2, 0.25) is 0 Å². The fraction of sp³-hybridized carbons (Fsp3) is 0.375. The predicted molar refractivity (Wildman–Crippen MR) is 87.2 cm³/mol. The Morgan fingerprint density at radius 3 is 2.52 bits per heavy atom. The van der Waals surface area contributed by atoms with E-state index < -0.39 is 6.43 Å². The molecule has 0 aliphatic heterocycles. The van der Waals surface area contributed by atoms with E-state index in [1.54, 1.807) is 6.92 Å². The monoisotopic (exact) mass is 385 g/mol. The Morgan fingerprint density at radius 1 is 1.35 bits per heavy atom. The highest BCUT2D eigenvalue weighted by atomic mass is 79.9. The third kappa shape index (κ3) is 4.16. The number of carbonyl (C=O) groups excluding carboxylic acids is 1. The normalized spacial score (nSPS) is 12.4. The van der Waals surface area contributed by atoms with E-state index in [0.29, 0.717) is 5.69 Å². The van der Waals surface area contributed by atoms with Crippen LogP contribution in [0, 0.1) is 6.92 Å². The number of benzene rings is 1. The summed E-state index contributed by atoms with van der Waals surface area (Å²) in [6, 6.07) is 9.51. The quantitative estimate of drug-likeness (QED) is 0.811. The largest absolute Gasteiger partial charge is 0.348 e. The number of nitrogens with one attached hydrogen (secondary N) is 1. The summed E-state index contributed by atoms with van der Waals surface area (Å²) < 4.78 is 27.2. The highest BCUT2D eigenvalue weighted by Crippen LogP contribution is 2.29. The fourth-order valence-electron chi connectivity index (χ4n) is 2.32. The van der Waals surface area contributed by atoms with Crippen LogP contribution in [0.1, 0.15) is 42.8 Å². The number of amides is 1. The maximum absolute atomic E-state index is 12.8. The Balaban J connectivity index is 2.09. The third-order valence-corrected chi connectivity index (χ3v) is 4.58. The van der Waals surface area contributed by atoms with Gasteiger partial charge in [-0.3, -0.25) is 9.48 Å². The van der Waals surface area contributed by atoms with E-state index in [1.807, 2.05) is 37.3 Å². The average Bonchev–Trinajstić information content (AvgIpc) is 2.82.